The van der Waals surface area contributed by atoms with E-state index in [-0.39, 0.29) is 0 Å². The number of anilines is 1. The summed E-state index contributed by atoms with van der Waals surface area (Å²) in [6.07, 6.45) is 8.95. The van der Waals surface area contributed by atoms with Crippen molar-refractivity contribution in [3.63, 3.8) is 0 Å². The summed E-state index contributed by atoms with van der Waals surface area (Å²) in [4.78, 5) is 3.90. The van der Waals surface area contributed by atoms with Gasteiger partial charge in [0.25, 0.3) is 5.01 Å². The van der Waals surface area contributed by atoms with Crippen LogP contribution in [0.1, 0.15) is 65.3 Å². The molecule has 0 unspecified atom stereocenters. The number of aromatic nitrogens is 1. The molecule has 1 aliphatic heterocycles. The smallest absolute Gasteiger partial charge is 0.263 e. The summed E-state index contributed by atoms with van der Waals surface area (Å²) in [6.45, 7) is 12.6. The predicted molar refractivity (Wildman–Crippen MR) is 210 cm³/mol. The summed E-state index contributed by atoms with van der Waals surface area (Å²) in [5.41, 5.74) is 3.96. The minimum Gasteiger partial charge on any atom is -0.787 e. The summed E-state index contributed by atoms with van der Waals surface area (Å²) >= 11 is 3.77. The first-order chi connectivity index (χ1) is 22.6. The Morgan fingerprint density at radius 2 is 1.51 bits per heavy atom. The van der Waals surface area contributed by atoms with Gasteiger partial charge in [-0.05, 0) is 76.5 Å². The van der Waals surface area contributed by atoms with E-state index in [9.17, 15) is 4.55 Å². The highest BCUT2D eigenvalue weighted by molar-refractivity contribution is 8.55. The van der Waals surface area contributed by atoms with Crippen LogP contribution in [0.4, 0.5) is 5.69 Å². The van der Waals surface area contributed by atoms with Gasteiger partial charge in [0.15, 0.2) is 6.54 Å². The van der Waals surface area contributed by atoms with E-state index in [1.165, 1.54) is 58.0 Å². The van der Waals surface area contributed by atoms with Crippen LogP contribution >= 0.6 is 31.9 Å². The molecule has 1 aromatic heterocycles. The van der Waals surface area contributed by atoms with Gasteiger partial charge in [-0.2, -0.15) is 4.57 Å². The molecular weight excluding hydrogens is 635 g/mol. The monoisotopic (exact) mass is 686 g/mol. The second kappa shape index (κ2) is 12.9. The average Bonchev–Trinajstić information content (AvgIpc) is 3.64. The highest BCUT2D eigenvalue weighted by atomic mass is 32.4. The van der Waals surface area contributed by atoms with Crippen LogP contribution in [0.15, 0.2) is 94.4 Å². The Balaban J connectivity index is 1.44. The molecule has 250 valence electrons. The number of thiazole rings is 1. The van der Waals surface area contributed by atoms with E-state index in [1.54, 1.807) is 0 Å². The number of rotatable bonds is 13. The highest BCUT2D eigenvalue weighted by Crippen LogP contribution is 2.76. The van der Waals surface area contributed by atoms with Gasteiger partial charge in [0.05, 0.1) is 16.1 Å². The van der Waals surface area contributed by atoms with Crippen molar-refractivity contribution >= 4 is 75.4 Å². The number of unbranched alkanes of at least 4 members (excludes halogenated alkanes) is 1. The molecular formula is C40H52N3OS3+. The van der Waals surface area contributed by atoms with Gasteiger partial charge < -0.3 is 14.6 Å². The third-order valence-electron chi connectivity index (χ3n) is 11.0. The number of fused-ring (bicyclic) bond motifs is 6. The zero-order valence-corrected chi connectivity index (χ0v) is 31.3. The lowest BCUT2D eigenvalue weighted by atomic mass is 10.1. The highest BCUT2D eigenvalue weighted by Gasteiger charge is 2.44. The van der Waals surface area contributed by atoms with Crippen LogP contribution in [0, 0.1) is 0 Å². The van der Waals surface area contributed by atoms with Crippen molar-refractivity contribution in [2.24, 2.45) is 0 Å². The number of aryl methyl sites for hydroxylation is 1. The maximum Gasteiger partial charge on any atom is 0.263 e. The molecule has 2 heterocycles. The minimum absolute atomic E-state index is 0.648. The first-order valence-electron chi connectivity index (χ1n) is 17.5. The van der Waals surface area contributed by atoms with Crippen LogP contribution in [0.3, 0.4) is 0 Å². The van der Waals surface area contributed by atoms with E-state index in [4.69, 9.17) is 0 Å². The zero-order valence-electron chi connectivity index (χ0n) is 28.9. The average molecular weight is 687 g/mol. The first-order valence-corrected chi connectivity index (χ1v) is 22.3. The second-order valence-corrected chi connectivity index (χ2v) is 23.1. The number of allylic oxidation sites excluding steroid dienone is 2. The second-order valence-electron chi connectivity index (χ2n) is 13.6. The molecule has 47 heavy (non-hydrogen) atoms. The number of thioether (sulfide) groups is 1. The van der Waals surface area contributed by atoms with Gasteiger partial charge >= 0.3 is 0 Å². The molecule has 1 aliphatic rings. The van der Waals surface area contributed by atoms with Gasteiger partial charge in [-0.3, -0.25) is 8.76 Å². The van der Waals surface area contributed by atoms with Crippen LogP contribution in [0.5, 0.6) is 0 Å². The van der Waals surface area contributed by atoms with Gasteiger partial charge in [-0.1, -0.05) is 119 Å². The molecule has 0 atom stereocenters. The summed E-state index contributed by atoms with van der Waals surface area (Å²) in [7, 11) is -3.60. The molecule has 4 nitrogen and oxygen atoms in total. The van der Waals surface area contributed by atoms with Crippen molar-refractivity contribution in [3.05, 3.63) is 94.5 Å². The lowest BCUT2D eigenvalue weighted by molar-refractivity contribution is -0.668. The van der Waals surface area contributed by atoms with Crippen molar-refractivity contribution < 1.29 is 14.3 Å². The van der Waals surface area contributed by atoms with Crippen molar-refractivity contribution in [3.8, 4) is 0 Å². The van der Waals surface area contributed by atoms with Crippen molar-refractivity contribution in [1.82, 2.24) is 0 Å². The van der Waals surface area contributed by atoms with Gasteiger partial charge in [-0.15, -0.1) is 0 Å². The van der Waals surface area contributed by atoms with Gasteiger partial charge in [0, 0.05) is 29.3 Å². The standard InChI is InChI=1S/C40H51N3OS3/c1-6-11-25-42-37(45-35-23-21-31-17-12-14-19-33(31)39(35)42)28-30(7-2)29-38-43(26-16-27-47(41,44,8-3,9-4)10-5)40-34-20-15-13-18-32(34)22-24-36(40)46-38/h12-15,17-24,28-29H,6-11,16,25-27,41H2,1-5H3/p+1. The number of benzene rings is 4. The quantitative estimate of drug-likeness (QED) is 0.125. The summed E-state index contributed by atoms with van der Waals surface area (Å²) in [5.74, 6) is 2.61. The van der Waals surface area contributed by atoms with Crippen LogP contribution in [-0.2, 0) is 6.54 Å². The summed E-state index contributed by atoms with van der Waals surface area (Å²) in [5, 5.41) is 12.3. The molecule has 0 saturated heterocycles. The maximum absolute atomic E-state index is 14.7. The van der Waals surface area contributed by atoms with E-state index in [0.29, 0.717) is 23.0 Å². The van der Waals surface area contributed by atoms with E-state index in [1.807, 2.05) is 23.1 Å². The Morgan fingerprint density at radius 1 is 0.851 bits per heavy atom. The predicted octanol–water partition coefficient (Wildman–Crippen LogP) is 10.2. The Kier molecular flexibility index (Phi) is 9.35. The molecule has 4 aromatic carbocycles. The minimum atomic E-state index is -3.60. The normalized spacial score (nSPS) is 16.4. The van der Waals surface area contributed by atoms with Gasteiger partial charge in [0.2, 0.25) is 5.52 Å². The molecule has 0 saturated carbocycles. The third-order valence-corrected chi connectivity index (χ3v) is 20.4. The molecule has 7 heteroatoms. The Labute approximate surface area is 289 Å². The largest absolute Gasteiger partial charge is 0.787 e. The van der Waals surface area contributed by atoms with E-state index in [0.717, 1.165) is 38.8 Å². The van der Waals surface area contributed by atoms with Crippen LogP contribution in [0.2, 0.25) is 0 Å². The molecule has 6 rings (SSSR count). The summed E-state index contributed by atoms with van der Waals surface area (Å²) < 4.78 is 18.5. The fourth-order valence-electron chi connectivity index (χ4n) is 7.02. The first kappa shape index (κ1) is 34.1. The van der Waals surface area contributed by atoms with Crippen molar-refractivity contribution in [1.29, 1.82) is 0 Å². The Hall–Kier alpha value is -2.81. The fourth-order valence-corrected chi connectivity index (χ4v) is 12.5. The lowest BCUT2D eigenvalue weighted by Crippen LogP contribution is -2.78. The molecule has 3 N–H and O–H groups in total. The number of nitrogens with zero attached hydrogens (tertiary/aromatic N) is 2. The molecule has 5 aromatic rings. The lowest BCUT2D eigenvalue weighted by Gasteiger charge is -2.81. The summed E-state index contributed by atoms with van der Waals surface area (Å²) in [6, 6.07) is 26.6. The molecule has 0 spiro atoms. The van der Waals surface area contributed by atoms with Gasteiger partial charge in [-0.25, -0.2) is 0 Å². The van der Waals surface area contributed by atoms with Crippen LogP contribution in [-0.4, -0.2) is 34.1 Å². The van der Waals surface area contributed by atoms with Crippen LogP contribution < -0.4 is 14.6 Å². The molecule has 0 aliphatic carbocycles. The maximum atomic E-state index is 14.7. The molecule has 0 bridgehead atoms. The van der Waals surface area contributed by atoms with Crippen LogP contribution in [0.25, 0.3) is 37.8 Å². The number of hydrogen-bond acceptors (Lipinski definition) is 4. The van der Waals surface area contributed by atoms with Crippen molar-refractivity contribution in [2.75, 3.05) is 34.5 Å². The zero-order chi connectivity index (χ0) is 33.3. The van der Waals surface area contributed by atoms with E-state index in [2.05, 4.69) is 134 Å². The Bertz CT molecular complexity index is 2000. The molecule has 0 fully saturated rings. The Morgan fingerprint density at radius 3 is 2.19 bits per heavy atom. The fraction of sp³-hybridized carbons (Fsp3) is 0.375. The van der Waals surface area contributed by atoms with Gasteiger partial charge in [0.1, 0.15) is 4.70 Å². The number of hydrogen-bond donors (Lipinski definition) is 1. The van der Waals surface area contributed by atoms with E-state index < -0.39 is 8.76 Å². The molecule has 0 radical (unpaired) electrons. The topological polar surface area (TPSA) is 57.8 Å². The van der Waals surface area contributed by atoms with E-state index >= 15 is 0 Å². The SMILES string of the molecule is CCCCN1/C(=C/C(=C/c2sc3ccc4ccccc4c3[n+]2CCCS([NH3+])([O-])(CC)(CC)CC)CC)Sc2ccc3ccccc3c21. The third kappa shape index (κ3) is 6.38. The number of quaternary nitrogens is 1. The molecule has 0 amide bonds. The van der Waals surface area contributed by atoms with Crippen molar-refractivity contribution in [2.45, 2.75) is 71.7 Å².